The van der Waals surface area contributed by atoms with Gasteiger partial charge in [0, 0.05) is 6.54 Å². The van der Waals surface area contributed by atoms with E-state index in [9.17, 15) is 17.2 Å². The van der Waals surface area contributed by atoms with Crippen molar-refractivity contribution in [1.29, 1.82) is 0 Å². The van der Waals surface area contributed by atoms with Gasteiger partial charge in [-0.15, -0.1) is 0 Å². The van der Waals surface area contributed by atoms with Crippen LogP contribution in [0.1, 0.15) is 19.8 Å². The number of alkyl halides is 2. The number of hydrogen-bond donors (Lipinski definition) is 2. The lowest BCUT2D eigenvalue weighted by molar-refractivity contribution is 0.234. The Kier molecular flexibility index (Phi) is 4.83. The van der Waals surface area contributed by atoms with Crippen LogP contribution < -0.4 is 10.6 Å². The smallest absolute Gasteiger partial charge is 0.341 e. The van der Waals surface area contributed by atoms with Crippen molar-refractivity contribution >= 4 is 15.5 Å². The normalized spacial score (nSPS) is 18.7. The summed E-state index contributed by atoms with van der Waals surface area (Å²) in [5, 5.41) is 6.31. The van der Waals surface area contributed by atoms with Crippen molar-refractivity contribution in [3.8, 4) is 0 Å². The molecule has 1 aliphatic rings. The average molecular weight is 318 g/mol. The van der Waals surface area contributed by atoms with Gasteiger partial charge < -0.3 is 10.6 Å². The van der Waals surface area contributed by atoms with Crippen LogP contribution >= 0.6 is 0 Å². The first-order valence-electron chi connectivity index (χ1n) is 6.91. The zero-order valence-corrected chi connectivity index (χ0v) is 12.7. The molecular formula is C14H20F2N2O2S. The molecule has 0 unspecified atom stereocenters. The fourth-order valence-electron chi connectivity index (χ4n) is 2.47. The molecule has 21 heavy (non-hydrogen) atoms. The Labute approximate surface area is 123 Å². The molecule has 1 aromatic rings. The van der Waals surface area contributed by atoms with Gasteiger partial charge in [-0.3, -0.25) is 0 Å². The molecule has 2 N–H and O–H groups in total. The molecule has 2 rings (SSSR count). The van der Waals surface area contributed by atoms with Crippen molar-refractivity contribution < 1.29 is 17.2 Å². The Balaban J connectivity index is 2.18. The molecule has 0 aliphatic carbocycles. The zero-order chi connectivity index (χ0) is 15.5. The van der Waals surface area contributed by atoms with E-state index in [1.165, 1.54) is 18.2 Å². The summed E-state index contributed by atoms with van der Waals surface area (Å²) in [6.45, 7) is 4.50. The number of halogens is 2. The van der Waals surface area contributed by atoms with Crippen molar-refractivity contribution in [2.24, 2.45) is 5.41 Å². The second-order valence-electron chi connectivity index (χ2n) is 5.72. The Bertz CT molecular complexity index is 584. The number of rotatable bonds is 5. The highest BCUT2D eigenvalue weighted by Crippen LogP contribution is 2.31. The van der Waals surface area contributed by atoms with E-state index in [0.717, 1.165) is 25.9 Å². The van der Waals surface area contributed by atoms with Gasteiger partial charge in [0.1, 0.15) is 0 Å². The van der Waals surface area contributed by atoms with Crippen molar-refractivity contribution in [3.63, 3.8) is 0 Å². The Morgan fingerprint density at radius 2 is 1.90 bits per heavy atom. The van der Waals surface area contributed by atoms with E-state index < -0.39 is 15.6 Å². The average Bonchev–Trinajstić information content (AvgIpc) is 2.46. The van der Waals surface area contributed by atoms with Crippen molar-refractivity contribution in [1.82, 2.24) is 5.32 Å². The molecule has 0 bridgehead atoms. The lowest BCUT2D eigenvalue weighted by Gasteiger charge is -2.34. The maximum Gasteiger partial charge on any atom is 0.341 e. The summed E-state index contributed by atoms with van der Waals surface area (Å²) >= 11 is 0. The number of anilines is 1. The Morgan fingerprint density at radius 3 is 2.52 bits per heavy atom. The van der Waals surface area contributed by atoms with Crippen LogP contribution in [0, 0.1) is 5.41 Å². The first-order valence-corrected chi connectivity index (χ1v) is 8.45. The van der Waals surface area contributed by atoms with Crippen LogP contribution in [0.2, 0.25) is 0 Å². The summed E-state index contributed by atoms with van der Waals surface area (Å²) in [5.41, 5.74) is 0.282. The highest BCUT2D eigenvalue weighted by atomic mass is 32.2. The second-order valence-corrected chi connectivity index (χ2v) is 7.60. The SMILES string of the molecule is CC1(CNc2ccccc2S(=O)(=O)C(F)F)CCNCC1. The number of para-hydroxylation sites is 1. The van der Waals surface area contributed by atoms with Gasteiger partial charge in [-0.1, -0.05) is 19.1 Å². The molecule has 7 heteroatoms. The topological polar surface area (TPSA) is 58.2 Å². The summed E-state index contributed by atoms with van der Waals surface area (Å²) in [4.78, 5) is -0.336. The van der Waals surface area contributed by atoms with E-state index in [2.05, 4.69) is 17.6 Å². The molecule has 118 valence electrons. The predicted octanol–water partition coefficient (Wildman–Crippen LogP) is 2.48. The van der Waals surface area contributed by atoms with Gasteiger partial charge in [-0.2, -0.15) is 8.78 Å². The predicted molar refractivity (Wildman–Crippen MR) is 78.3 cm³/mol. The molecule has 0 amide bonds. The van der Waals surface area contributed by atoms with E-state index in [1.54, 1.807) is 6.07 Å². The third kappa shape index (κ3) is 3.71. The van der Waals surface area contributed by atoms with E-state index in [0.29, 0.717) is 6.54 Å². The van der Waals surface area contributed by atoms with Crippen LogP contribution in [0.15, 0.2) is 29.2 Å². The molecule has 0 aromatic heterocycles. The van der Waals surface area contributed by atoms with E-state index in [-0.39, 0.29) is 16.0 Å². The van der Waals surface area contributed by atoms with Crippen LogP contribution in [0.25, 0.3) is 0 Å². The van der Waals surface area contributed by atoms with E-state index in [4.69, 9.17) is 0 Å². The lowest BCUT2D eigenvalue weighted by atomic mass is 9.81. The highest BCUT2D eigenvalue weighted by molar-refractivity contribution is 7.91. The van der Waals surface area contributed by atoms with Crippen LogP contribution in [0.3, 0.4) is 0 Å². The van der Waals surface area contributed by atoms with Crippen molar-refractivity contribution in [2.75, 3.05) is 25.0 Å². The molecule has 1 saturated heterocycles. The van der Waals surface area contributed by atoms with Gasteiger partial charge in [-0.05, 0) is 43.5 Å². The molecule has 1 fully saturated rings. The molecule has 0 spiro atoms. The van der Waals surface area contributed by atoms with Gasteiger partial charge in [0.15, 0.2) is 0 Å². The summed E-state index contributed by atoms with van der Waals surface area (Å²) < 4.78 is 48.8. The number of piperidine rings is 1. The third-order valence-electron chi connectivity index (χ3n) is 3.94. The molecule has 4 nitrogen and oxygen atoms in total. The van der Waals surface area contributed by atoms with Crippen LogP contribution in [0.4, 0.5) is 14.5 Å². The fourth-order valence-corrected chi connectivity index (χ4v) is 3.38. The first kappa shape index (κ1) is 16.2. The summed E-state index contributed by atoms with van der Waals surface area (Å²) in [6.07, 6.45) is 1.92. The minimum atomic E-state index is -4.59. The van der Waals surface area contributed by atoms with Gasteiger partial charge >= 0.3 is 5.76 Å². The molecule has 1 aliphatic heterocycles. The molecule has 0 saturated carbocycles. The largest absolute Gasteiger partial charge is 0.383 e. The van der Waals surface area contributed by atoms with Crippen LogP contribution in [-0.2, 0) is 9.84 Å². The minimum Gasteiger partial charge on any atom is -0.383 e. The number of benzene rings is 1. The maximum atomic E-state index is 12.7. The van der Waals surface area contributed by atoms with E-state index in [1.807, 2.05) is 0 Å². The van der Waals surface area contributed by atoms with Gasteiger partial charge in [-0.25, -0.2) is 8.42 Å². The maximum absolute atomic E-state index is 12.7. The number of hydrogen-bond acceptors (Lipinski definition) is 4. The van der Waals surface area contributed by atoms with Crippen molar-refractivity contribution in [2.45, 2.75) is 30.4 Å². The molecule has 0 radical (unpaired) electrons. The van der Waals surface area contributed by atoms with Gasteiger partial charge in [0.05, 0.1) is 10.6 Å². The zero-order valence-electron chi connectivity index (χ0n) is 11.9. The quantitative estimate of drug-likeness (QED) is 0.876. The summed E-state index contributed by atoms with van der Waals surface area (Å²) in [6, 6.07) is 5.83. The first-order chi connectivity index (χ1) is 9.85. The highest BCUT2D eigenvalue weighted by Gasteiger charge is 2.30. The molecule has 0 atom stereocenters. The lowest BCUT2D eigenvalue weighted by Crippen LogP contribution is -2.39. The molecule has 1 aromatic carbocycles. The number of nitrogens with one attached hydrogen (secondary N) is 2. The minimum absolute atomic E-state index is 0.0347. The van der Waals surface area contributed by atoms with Crippen LogP contribution in [0.5, 0.6) is 0 Å². The third-order valence-corrected chi connectivity index (χ3v) is 5.38. The summed E-state index contributed by atoms with van der Waals surface area (Å²) in [5.74, 6) is -3.41. The number of sulfone groups is 1. The molecule has 1 heterocycles. The Hall–Kier alpha value is -1.21. The standard InChI is InChI=1S/C14H20F2N2O2S/c1-14(6-8-17-9-7-14)10-18-11-4-2-3-5-12(11)21(19,20)13(15)16/h2-5,13,17-18H,6-10H2,1H3. The van der Waals surface area contributed by atoms with E-state index >= 15 is 0 Å². The fraction of sp³-hybridized carbons (Fsp3) is 0.571. The van der Waals surface area contributed by atoms with Gasteiger partial charge in [0.2, 0.25) is 9.84 Å². The second kappa shape index (κ2) is 6.27. The van der Waals surface area contributed by atoms with Crippen LogP contribution in [-0.4, -0.2) is 33.8 Å². The molecular weight excluding hydrogens is 298 g/mol. The Morgan fingerprint density at radius 1 is 1.29 bits per heavy atom. The monoisotopic (exact) mass is 318 g/mol. The van der Waals surface area contributed by atoms with Gasteiger partial charge in [0.25, 0.3) is 0 Å². The van der Waals surface area contributed by atoms with Crippen molar-refractivity contribution in [3.05, 3.63) is 24.3 Å². The summed E-state index contributed by atoms with van der Waals surface area (Å²) in [7, 11) is -4.59.